The second-order valence-electron chi connectivity index (χ2n) is 5.43. The highest BCUT2D eigenvalue weighted by molar-refractivity contribution is 5.76. The highest BCUT2D eigenvalue weighted by atomic mass is 19.2. The second-order valence-corrected chi connectivity index (χ2v) is 5.43. The third-order valence-electron chi connectivity index (χ3n) is 3.74. The number of imidazole rings is 1. The quantitative estimate of drug-likeness (QED) is 0.725. The lowest BCUT2D eigenvalue weighted by atomic mass is 10.1. The van der Waals surface area contributed by atoms with E-state index in [2.05, 4.69) is 11.1 Å². The number of nitriles is 1. The molecule has 1 heterocycles. The molecule has 2 aromatic carbocycles. The topological polar surface area (TPSA) is 41.6 Å². The van der Waals surface area contributed by atoms with Gasteiger partial charge in [0.15, 0.2) is 11.6 Å². The molecule has 3 nitrogen and oxygen atoms in total. The molecule has 0 bridgehead atoms. The average Bonchev–Trinajstić information content (AvgIpc) is 2.85. The second kappa shape index (κ2) is 6.17. The smallest absolute Gasteiger partial charge is 0.161 e. The third kappa shape index (κ3) is 2.93. The third-order valence-corrected chi connectivity index (χ3v) is 3.74. The van der Waals surface area contributed by atoms with Gasteiger partial charge in [0, 0.05) is 25.1 Å². The molecule has 3 aromatic rings. The summed E-state index contributed by atoms with van der Waals surface area (Å²) in [5.41, 5.74) is 2.50. The summed E-state index contributed by atoms with van der Waals surface area (Å²) in [6.45, 7) is 2.49. The number of hydrogen-bond acceptors (Lipinski definition) is 2. The van der Waals surface area contributed by atoms with Crippen molar-refractivity contribution in [3.8, 4) is 6.07 Å². The Morgan fingerprint density at radius 2 is 1.96 bits per heavy atom. The molecule has 0 unspecified atom stereocenters. The van der Waals surface area contributed by atoms with Gasteiger partial charge in [0.2, 0.25) is 0 Å². The Kier molecular flexibility index (Phi) is 4.07. The van der Waals surface area contributed by atoms with Crippen LogP contribution in [0, 0.1) is 23.0 Å². The molecular weight excluding hydrogens is 296 g/mol. The average molecular weight is 311 g/mol. The van der Waals surface area contributed by atoms with Crippen LogP contribution >= 0.6 is 0 Å². The highest BCUT2D eigenvalue weighted by Crippen LogP contribution is 2.22. The number of hydrogen-bond donors (Lipinski definition) is 0. The van der Waals surface area contributed by atoms with Crippen LogP contribution in [0.3, 0.4) is 0 Å². The van der Waals surface area contributed by atoms with Crippen LogP contribution in [0.2, 0.25) is 0 Å². The summed E-state index contributed by atoms with van der Waals surface area (Å²) in [6, 6.07) is 11.7. The van der Waals surface area contributed by atoms with Crippen LogP contribution in [-0.2, 0) is 13.0 Å². The molecule has 0 amide bonds. The van der Waals surface area contributed by atoms with Gasteiger partial charge in [-0.15, -0.1) is 0 Å². The number of benzene rings is 2. The van der Waals surface area contributed by atoms with Crippen molar-refractivity contribution in [1.82, 2.24) is 9.55 Å². The fraction of sp³-hybridized carbons (Fsp3) is 0.222. The molecule has 0 aliphatic carbocycles. The first-order valence-corrected chi connectivity index (χ1v) is 7.45. The molecule has 0 saturated carbocycles. The lowest BCUT2D eigenvalue weighted by molar-refractivity contribution is 0.510. The maximum Gasteiger partial charge on any atom is 0.161 e. The Morgan fingerprint density at radius 1 is 1.17 bits per heavy atom. The standard InChI is InChI=1S/C18H15F2N3/c1-2-4-18-22-16-8-14(19)15(20)9-17(16)23(18)11-13-6-3-5-12(7-13)10-21/h3,5-9H,2,4,11H2,1H3. The van der Waals surface area contributed by atoms with Crippen LogP contribution in [0.5, 0.6) is 0 Å². The summed E-state index contributed by atoms with van der Waals surface area (Å²) in [7, 11) is 0. The molecule has 0 N–H and O–H groups in total. The van der Waals surface area contributed by atoms with E-state index in [1.54, 1.807) is 12.1 Å². The van der Waals surface area contributed by atoms with E-state index in [0.29, 0.717) is 23.1 Å². The molecule has 5 heteroatoms. The number of aromatic nitrogens is 2. The molecule has 23 heavy (non-hydrogen) atoms. The predicted molar refractivity (Wildman–Crippen MR) is 83.9 cm³/mol. The molecule has 0 atom stereocenters. The van der Waals surface area contributed by atoms with E-state index in [9.17, 15) is 8.78 Å². The van der Waals surface area contributed by atoms with Crippen molar-refractivity contribution in [2.75, 3.05) is 0 Å². The summed E-state index contributed by atoms with van der Waals surface area (Å²) in [6.07, 6.45) is 1.60. The molecule has 0 spiro atoms. The summed E-state index contributed by atoms with van der Waals surface area (Å²) < 4.78 is 28.9. The minimum atomic E-state index is -0.892. The Hall–Kier alpha value is -2.74. The molecule has 0 fully saturated rings. The van der Waals surface area contributed by atoms with Gasteiger partial charge in [-0.3, -0.25) is 0 Å². The van der Waals surface area contributed by atoms with E-state index in [1.165, 1.54) is 6.07 Å². The first-order chi connectivity index (χ1) is 11.1. The van der Waals surface area contributed by atoms with E-state index >= 15 is 0 Å². The van der Waals surface area contributed by atoms with Gasteiger partial charge in [-0.2, -0.15) is 5.26 Å². The van der Waals surface area contributed by atoms with E-state index in [0.717, 1.165) is 30.3 Å². The van der Waals surface area contributed by atoms with Gasteiger partial charge in [-0.1, -0.05) is 19.1 Å². The number of rotatable bonds is 4. The van der Waals surface area contributed by atoms with Crippen molar-refractivity contribution in [2.45, 2.75) is 26.3 Å². The lowest BCUT2D eigenvalue weighted by Gasteiger charge is -2.09. The van der Waals surface area contributed by atoms with Crippen LogP contribution < -0.4 is 0 Å². The number of aryl methyl sites for hydroxylation is 1. The minimum Gasteiger partial charge on any atom is -0.323 e. The van der Waals surface area contributed by atoms with E-state index in [1.807, 2.05) is 23.6 Å². The van der Waals surface area contributed by atoms with Crippen molar-refractivity contribution in [2.24, 2.45) is 0 Å². The van der Waals surface area contributed by atoms with Crippen LogP contribution in [0.1, 0.15) is 30.3 Å². The Labute approximate surface area is 132 Å². The molecule has 0 aliphatic heterocycles. The van der Waals surface area contributed by atoms with Crippen molar-refractivity contribution in [1.29, 1.82) is 5.26 Å². The normalized spacial score (nSPS) is 10.9. The van der Waals surface area contributed by atoms with Gasteiger partial charge >= 0.3 is 0 Å². The van der Waals surface area contributed by atoms with E-state index < -0.39 is 11.6 Å². The van der Waals surface area contributed by atoms with Gasteiger partial charge in [0.05, 0.1) is 22.7 Å². The van der Waals surface area contributed by atoms with Gasteiger partial charge in [-0.25, -0.2) is 13.8 Å². The van der Waals surface area contributed by atoms with Crippen LogP contribution in [0.25, 0.3) is 11.0 Å². The fourth-order valence-electron chi connectivity index (χ4n) is 2.68. The van der Waals surface area contributed by atoms with Crippen molar-refractivity contribution in [3.05, 3.63) is 65.0 Å². The zero-order chi connectivity index (χ0) is 16.4. The number of nitrogens with zero attached hydrogens (tertiary/aromatic N) is 3. The van der Waals surface area contributed by atoms with E-state index in [-0.39, 0.29) is 0 Å². The van der Waals surface area contributed by atoms with Crippen LogP contribution in [0.4, 0.5) is 8.78 Å². The Balaban J connectivity index is 2.12. The molecule has 0 aliphatic rings. The molecule has 0 saturated heterocycles. The zero-order valence-corrected chi connectivity index (χ0v) is 12.7. The van der Waals surface area contributed by atoms with Gasteiger partial charge in [0.1, 0.15) is 5.82 Å². The first-order valence-electron chi connectivity index (χ1n) is 7.45. The highest BCUT2D eigenvalue weighted by Gasteiger charge is 2.14. The van der Waals surface area contributed by atoms with E-state index in [4.69, 9.17) is 5.26 Å². The molecule has 1 aromatic heterocycles. The number of halogens is 2. The minimum absolute atomic E-state index is 0.448. The largest absolute Gasteiger partial charge is 0.323 e. The maximum absolute atomic E-state index is 13.6. The monoisotopic (exact) mass is 311 g/mol. The Morgan fingerprint density at radius 3 is 2.70 bits per heavy atom. The molecular formula is C18H15F2N3. The maximum atomic E-state index is 13.6. The first kappa shape index (κ1) is 15.2. The fourth-order valence-corrected chi connectivity index (χ4v) is 2.68. The van der Waals surface area contributed by atoms with Gasteiger partial charge in [0.25, 0.3) is 0 Å². The van der Waals surface area contributed by atoms with Crippen molar-refractivity contribution >= 4 is 11.0 Å². The molecule has 0 radical (unpaired) electrons. The summed E-state index contributed by atoms with van der Waals surface area (Å²) >= 11 is 0. The molecule has 3 rings (SSSR count). The summed E-state index contributed by atoms with van der Waals surface area (Å²) in [4.78, 5) is 4.43. The summed E-state index contributed by atoms with van der Waals surface area (Å²) in [5, 5.41) is 9.01. The SMILES string of the molecule is CCCc1nc2cc(F)c(F)cc2n1Cc1cccc(C#N)c1. The van der Waals surface area contributed by atoms with Crippen LogP contribution in [0.15, 0.2) is 36.4 Å². The Bertz CT molecular complexity index is 907. The number of fused-ring (bicyclic) bond motifs is 1. The summed E-state index contributed by atoms with van der Waals surface area (Å²) in [5.74, 6) is -0.987. The van der Waals surface area contributed by atoms with Crippen molar-refractivity contribution < 1.29 is 8.78 Å². The molecule has 116 valence electrons. The van der Waals surface area contributed by atoms with Gasteiger partial charge in [-0.05, 0) is 24.1 Å². The van der Waals surface area contributed by atoms with Gasteiger partial charge < -0.3 is 4.57 Å². The van der Waals surface area contributed by atoms with Crippen molar-refractivity contribution in [3.63, 3.8) is 0 Å². The lowest BCUT2D eigenvalue weighted by Crippen LogP contribution is -2.05. The predicted octanol–water partition coefficient (Wildman–Crippen LogP) is 4.19. The zero-order valence-electron chi connectivity index (χ0n) is 12.7. The van der Waals surface area contributed by atoms with Crippen LogP contribution in [-0.4, -0.2) is 9.55 Å².